The molecular formula is C15H16N6O2S. The molecular weight excluding hydrogens is 328 g/mol. The van der Waals surface area contributed by atoms with E-state index in [1.54, 1.807) is 24.0 Å². The van der Waals surface area contributed by atoms with Gasteiger partial charge in [-0.1, -0.05) is 11.3 Å². The molecule has 1 aliphatic rings. The number of nitrogens with one attached hydrogen (secondary N) is 1. The summed E-state index contributed by atoms with van der Waals surface area (Å²) in [7, 11) is 1.61. The molecule has 0 spiro atoms. The Morgan fingerprint density at radius 2 is 2.42 bits per heavy atom. The number of imidazole rings is 1. The van der Waals surface area contributed by atoms with Crippen LogP contribution < -0.4 is 10.2 Å². The lowest BCUT2D eigenvalue weighted by Crippen LogP contribution is -2.49. The SMILES string of the molecule is CNC(=O)C1CN(c2nn3cc(-c4cccnc4)nc3s2)CCO1. The predicted octanol–water partition coefficient (Wildman–Crippen LogP) is 0.804. The third-order valence-electron chi connectivity index (χ3n) is 3.87. The smallest absolute Gasteiger partial charge is 0.250 e. The zero-order valence-electron chi connectivity index (χ0n) is 13.0. The van der Waals surface area contributed by atoms with Gasteiger partial charge in [0.25, 0.3) is 5.91 Å². The van der Waals surface area contributed by atoms with E-state index in [0.29, 0.717) is 19.7 Å². The van der Waals surface area contributed by atoms with E-state index in [1.807, 2.05) is 18.3 Å². The van der Waals surface area contributed by atoms with Crippen LogP contribution in [-0.4, -0.2) is 58.3 Å². The number of carbonyl (C=O) groups excluding carboxylic acids is 1. The first kappa shape index (κ1) is 15.0. The van der Waals surface area contributed by atoms with Crippen LogP contribution in [0.3, 0.4) is 0 Å². The van der Waals surface area contributed by atoms with Crippen molar-refractivity contribution >= 4 is 27.3 Å². The Kier molecular flexibility index (Phi) is 3.87. The number of morpholine rings is 1. The molecule has 0 aliphatic carbocycles. The van der Waals surface area contributed by atoms with Gasteiger partial charge in [0.2, 0.25) is 10.1 Å². The van der Waals surface area contributed by atoms with E-state index in [-0.39, 0.29) is 5.91 Å². The van der Waals surface area contributed by atoms with Gasteiger partial charge < -0.3 is 15.0 Å². The number of hydrogen-bond donors (Lipinski definition) is 1. The van der Waals surface area contributed by atoms with Gasteiger partial charge in [0.1, 0.15) is 0 Å². The number of hydrogen-bond acceptors (Lipinski definition) is 7. The molecule has 0 bridgehead atoms. The molecule has 0 saturated carbocycles. The van der Waals surface area contributed by atoms with Crippen LogP contribution in [0.1, 0.15) is 0 Å². The minimum absolute atomic E-state index is 0.111. The summed E-state index contributed by atoms with van der Waals surface area (Å²) in [4.78, 5) is 23.4. The summed E-state index contributed by atoms with van der Waals surface area (Å²) in [6.07, 6.45) is 4.94. The average Bonchev–Trinajstić information content (AvgIpc) is 3.21. The van der Waals surface area contributed by atoms with Crippen molar-refractivity contribution in [3.05, 3.63) is 30.7 Å². The fourth-order valence-electron chi connectivity index (χ4n) is 2.61. The number of pyridine rings is 1. The molecule has 1 aliphatic heterocycles. The van der Waals surface area contributed by atoms with E-state index in [9.17, 15) is 4.79 Å². The normalized spacial score (nSPS) is 18.0. The zero-order valence-corrected chi connectivity index (χ0v) is 13.9. The summed E-state index contributed by atoms with van der Waals surface area (Å²) in [5, 5.41) is 8.06. The van der Waals surface area contributed by atoms with E-state index in [1.165, 1.54) is 11.3 Å². The maximum atomic E-state index is 11.8. The van der Waals surface area contributed by atoms with Gasteiger partial charge in [-0.25, -0.2) is 9.50 Å². The minimum Gasteiger partial charge on any atom is -0.365 e. The Morgan fingerprint density at radius 1 is 1.50 bits per heavy atom. The molecule has 9 heteroatoms. The number of nitrogens with zero attached hydrogens (tertiary/aromatic N) is 5. The standard InChI is InChI=1S/C15H16N6O2S/c1-16-13(22)12-9-20(5-6-23-12)15-19-21-8-11(18-14(21)24-15)10-3-2-4-17-7-10/h2-4,7-8,12H,5-6,9H2,1H3,(H,16,22). The molecule has 1 saturated heterocycles. The van der Waals surface area contributed by atoms with Gasteiger partial charge in [0, 0.05) is 31.5 Å². The van der Waals surface area contributed by atoms with Gasteiger partial charge in [0.05, 0.1) is 25.0 Å². The number of carbonyl (C=O) groups is 1. The highest BCUT2D eigenvalue weighted by atomic mass is 32.1. The number of amides is 1. The largest absolute Gasteiger partial charge is 0.365 e. The van der Waals surface area contributed by atoms with E-state index in [0.717, 1.165) is 21.3 Å². The van der Waals surface area contributed by atoms with Crippen molar-refractivity contribution in [1.29, 1.82) is 0 Å². The van der Waals surface area contributed by atoms with Gasteiger partial charge in [-0.2, -0.15) is 0 Å². The second-order valence-electron chi connectivity index (χ2n) is 5.40. The van der Waals surface area contributed by atoms with E-state index in [2.05, 4.69) is 25.3 Å². The second-order valence-corrected chi connectivity index (χ2v) is 6.33. The third-order valence-corrected chi connectivity index (χ3v) is 4.85. The molecule has 0 aromatic carbocycles. The monoisotopic (exact) mass is 344 g/mol. The summed E-state index contributed by atoms with van der Waals surface area (Å²) in [6, 6.07) is 3.85. The van der Waals surface area contributed by atoms with Crippen LogP contribution in [0.15, 0.2) is 30.7 Å². The van der Waals surface area contributed by atoms with Crippen molar-refractivity contribution in [3.63, 3.8) is 0 Å². The molecule has 3 aromatic rings. The lowest BCUT2D eigenvalue weighted by Gasteiger charge is -2.31. The first-order valence-corrected chi connectivity index (χ1v) is 8.41. The van der Waals surface area contributed by atoms with Crippen molar-refractivity contribution in [2.75, 3.05) is 31.6 Å². The Balaban J connectivity index is 1.57. The van der Waals surface area contributed by atoms with Crippen molar-refractivity contribution in [2.24, 2.45) is 0 Å². The van der Waals surface area contributed by atoms with Crippen LogP contribution >= 0.6 is 11.3 Å². The summed E-state index contributed by atoms with van der Waals surface area (Å²) in [5.41, 5.74) is 1.81. The fraction of sp³-hybridized carbons (Fsp3) is 0.333. The number of anilines is 1. The summed E-state index contributed by atoms with van der Waals surface area (Å²) >= 11 is 1.50. The molecule has 1 fully saturated rings. The topological polar surface area (TPSA) is 84.7 Å². The molecule has 3 aromatic heterocycles. The maximum absolute atomic E-state index is 11.8. The summed E-state index contributed by atoms with van der Waals surface area (Å²) in [6.45, 7) is 1.70. The van der Waals surface area contributed by atoms with E-state index >= 15 is 0 Å². The van der Waals surface area contributed by atoms with Gasteiger partial charge in [-0.3, -0.25) is 9.78 Å². The van der Waals surface area contributed by atoms with Crippen molar-refractivity contribution in [1.82, 2.24) is 24.9 Å². The van der Waals surface area contributed by atoms with E-state index < -0.39 is 6.10 Å². The maximum Gasteiger partial charge on any atom is 0.250 e. The molecule has 1 atom stereocenters. The molecule has 8 nitrogen and oxygen atoms in total. The predicted molar refractivity (Wildman–Crippen MR) is 90.1 cm³/mol. The van der Waals surface area contributed by atoms with Crippen LogP contribution in [0.25, 0.3) is 16.2 Å². The Morgan fingerprint density at radius 3 is 3.17 bits per heavy atom. The molecule has 4 rings (SSSR count). The molecule has 1 amide bonds. The third kappa shape index (κ3) is 2.72. The number of ether oxygens (including phenoxy) is 1. The lowest BCUT2D eigenvalue weighted by molar-refractivity contribution is -0.132. The molecule has 0 radical (unpaired) electrons. The number of likely N-dealkylation sites (N-methyl/N-ethyl adjacent to an activating group) is 1. The van der Waals surface area contributed by atoms with Crippen LogP contribution in [0, 0.1) is 0 Å². The van der Waals surface area contributed by atoms with Gasteiger partial charge in [-0.05, 0) is 12.1 Å². The summed E-state index contributed by atoms with van der Waals surface area (Å²) in [5.74, 6) is -0.111. The van der Waals surface area contributed by atoms with Crippen LogP contribution in [0.5, 0.6) is 0 Å². The van der Waals surface area contributed by atoms with Crippen LogP contribution in [0.2, 0.25) is 0 Å². The van der Waals surface area contributed by atoms with Crippen molar-refractivity contribution in [3.8, 4) is 11.3 Å². The second kappa shape index (κ2) is 6.17. The Bertz CT molecular complexity index is 830. The molecule has 1 unspecified atom stereocenters. The van der Waals surface area contributed by atoms with Gasteiger partial charge in [-0.15, -0.1) is 5.10 Å². The van der Waals surface area contributed by atoms with Gasteiger partial charge in [0.15, 0.2) is 6.10 Å². The number of fused-ring (bicyclic) bond motifs is 1. The molecule has 1 N–H and O–H groups in total. The molecule has 124 valence electrons. The highest BCUT2D eigenvalue weighted by Crippen LogP contribution is 2.27. The van der Waals surface area contributed by atoms with E-state index in [4.69, 9.17) is 4.74 Å². The number of rotatable bonds is 3. The Labute approximate surface area is 142 Å². The van der Waals surface area contributed by atoms with Crippen molar-refractivity contribution < 1.29 is 9.53 Å². The Hall–Kier alpha value is -2.52. The lowest BCUT2D eigenvalue weighted by atomic mass is 10.2. The number of aromatic nitrogens is 4. The van der Waals surface area contributed by atoms with Crippen LogP contribution in [-0.2, 0) is 9.53 Å². The average molecular weight is 344 g/mol. The van der Waals surface area contributed by atoms with Gasteiger partial charge >= 0.3 is 0 Å². The highest BCUT2D eigenvalue weighted by molar-refractivity contribution is 7.20. The summed E-state index contributed by atoms with van der Waals surface area (Å²) < 4.78 is 7.28. The highest BCUT2D eigenvalue weighted by Gasteiger charge is 2.28. The first-order valence-electron chi connectivity index (χ1n) is 7.59. The van der Waals surface area contributed by atoms with Crippen molar-refractivity contribution in [2.45, 2.75) is 6.10 Å². The fourth-order valence-corrected chi connectivity index (χ4v) is 3.53. The zero-order chi connectivity index (χ0) is 16.5. The first-order chi connectivity index (χ1) is 11.7. The minimum atomic E-state index is -0.467. The quantitative estimate of drug-likeness (QED) is 0.757. The molecule has 24 heavy (non-hydrogen) atoms. The van der Waals surface area contributed by atoms with Crippen LogP contribution in [0.4, 0.5) is 5.13 Å². The molecule has 4 heterocycles.